The van der Waals surface area contributed by atoms with Gasteiger partial charge in [-0.05, 0) is 31.9 Å². The fourth-order valence-electron chi connectivity index (χ4n) is 3.63. The maximum atomic E-state index is 12.7. The summed E-state index contributed by atoms with van der Waals surface area (Å²) >= 11 is 0. The van der Waals surface area contributed by atoms with Gasteiger partial charge in [0.1, 0.15) is 6.54 Å². The molecule has 2 fully saturated rings. The molecular weight excluding hydrogens is 342 g/mol. The molecule has 140 valence electrons. The predicted octanol–water partition coefficient (Wildman–Crippen LogP) is -0.156. The lowest BCUT2D eigenvalue weighted by Crippen LogP contribution is -2.39. The van der Waals surface area contributed by atoms with E-state index in [-0.39, 0.29) is 12.5 Å². The van der Waals surface area contributed by atoms with Crippen LogP contribution in [0.2, 0.25) is 0 Å². The molecule has 0 aliphatic carbocycles. The van der Waals surface area contributed by atoms with Crippen molar-refractivity contribution < 1.29 is 13.2 Å². The van der Waals surface area contributed by atoms with E-state index in [0.717, 1.165) is 31.6 Å². The summed E-state index contributed by atoms with van der Waals surface area (Å²) in [6.07, 6.45) is 5.89. The normalized spacial score (nSPS) is 23.4. The molecule has 1 aromatic rings. The molecule has 0 bridgehead atoms. The van der Waals surface area contributed by atoms with Gasteiger partial charge >= 0.3 is 0 Å². The third-order valence-corrected chi connectivity index (χ3v) is 6.33. The van der Waals surface area contributed by atoms with Crippen molar-refractivity contribution in [3.8, 4) is 0 Å². The van der Waals surface area contributed by atoms with Crippen molar-refractivity contribution >= 4 is 15.9 Å². The van der Waals surface area contributed by atoms with E-state index < -0.39 is 10.0 Å². The largest absolute Gasteiger partial charge is 0.340 e. The molecule has 1 atom stereocenters. The zero-order valence-corrected chi connectivity index (χ0v) is 15.5. The maximum absolute atomic E-state index is 12.7. The molecule has 1 aromatic heterocycles. The molecule has 0 radical (unpaired) electrons. The lowest BCUT2D eigenvalue weighted by Gasteiger charge is -2.25. The summed E-state index contributed by atoms with van der Waals surface area (Å²) in [7, 11) is -3.20. The number of rotatable bonds is 4. The molecule has 3 rings (SSSR count). The Morgan fingerprint density at radius 2 is 2.12 bits per heavy atom. The zero-order chi connectivity index (χ0) is 17.9. The molecule has 0 saturated carbocycles. The number of amides is 1. The Bertz CT molecular complexity index is 696. The van der Waals surface area contributed by atoms with E-state index >= 15 is 0 Å². The van der Waals surface area contributed by atoms with Gasteiger partial charge in [0.2, 0.25) is 15.9 Å². The van der Waals surface area contributed by atoms with Crippen LogP contribution >= 0.6 is 0 Å². The van der Waals surface area contributed by atoms with Crippen molar-refractivity contribution in [2.45, 2.75) is 31.7 Å². The Hall–Kier alpha value is -1.45. The quantitative estimate of drug-likeness (QED) is 0.797. The van der Waals surface area contributed by atoms with Gasteiger partial charge in [0.25, 0.3) is 0 Å². The fraction of sp³-hybridized carbons (Fsp3) is 0.750. The van der Waals surface area contributed by atoms with Gasteiger partial charge in [-0.3, -0.25) is 9.48 Å². The third-order valence-electron chi connectivity index (χ3n) is 5.03. The van der Waals surface area contributed by atoms with Gasteiger partial charge < -0.3 is 10.2 Å². The average molecular weight is 369 g/mol. The van der Waals surface area contributed by atoms with Crippen molar-refractivity contribution in [1.29, 1.82) is 0 Å². The topological polar surface area (TPSA) is 87.5 Å². The predicted molar refractivity (Wildman–Crippen MR) is 94.7 cm³/mol. The van der Waals surface area contributed by atoms with Crippen molar-refractivity contribution in [1.82, 2.24) is 24.3 Å². The highest BCUT2D eigenvalue weighted by molar-refractivity contribution is 7.88. The second-order valence-electron chi connectivity index (χ2n) is 6.85. The van der Waals surface area contributed by atoms with Gasteiger partial charge in [-0.15, -0.1) is 0 Å². The molecule has 0 aromatic carbocycles. The highest BCUT2D eigenvalue weighted by Gasteiger charge is 2.25. The Labute approximate surface area is 149 Å². The molecule has 2 saturated heterocycles. The van der Waals surface area contributed by atoms with E-state index in [2.05, 4.69) is 10.4 Å². The first-order chi connectivity index (χ1) is 11.9. The lowest BCUT2D eigenvalue weighted by atomic mass is 9.96. The number of piperidine rings is 1. The second kappa shape index (κ2) is 7.84. The van der Waals surface area contributed by atoms with Crippen LogP contribution in [0.15, 0.2) is 12.3 Å². The SMILES string of the molecule is CS(=O)(=O)N1CCCN(C(=O)Cn2nccc2[C@@H]2CCCNC2)CC1. The van der Waals surface area contributed by atoms with Gasteiger partial charge in [0, 0.05) is 50.5 Å². The number of hydrogen-bond donors (Lipinski definition) is 1. The number of aromatic nitrogens is 2. The van der Waals surface area contributed by atoms with Crippen molar-refractivity contribution in [3.63, 3.8) is 0 Å². The van der Waals surface area contributed by atoms with Crippen LogP contribution in [0.5, 0.6) is 0 Å². The van der Waals surface area contributed by atoms with Crippen molar-refractivity contribution in [3.05, 3.63) is 18.0 Å². The number of sulfonamides is 1. The van der Waals surface area contributed by atoms with E-state index in [4.69, 9.17) is 0 Å². The highest BCUT2D eigenvalue weighted by atomic mass is 32.2. The summed E-state index contributed by atoms with van der Waals surface area (Å²) in [6.45, 7) is 4.06. The molecular formula is C16H27N5O3S. The number of carbonyl (C=O) groups is 1. The molecule has 8 nitrogen and oxygen atoms in total. The van der Waals surface area contributed by atoms with E-state index in [0.29, 0.717) is 38.5 Å². The Morgan fingerprint density at radius 1 is 1.28 bits per heavy atom. The van der Waals surface area contributed by atoms with Crippen LogP contribution in [-0.2, 0) is 21.4 Å². The van der Waals surface area contributed by atoms with Gasteiger partial charge in [0.05, 0.1) is 6.26 Å². The number of carbonyl (C=O) groups excluding carboxylic acids is 1. The second-order valence-corrected chi connectivity index (χ2v) is 8.84. The Balaban J connectivity index is 1.62. The van der Waals surface area contributed by atoms with Gasteiger partial charge in [-0.2, -0.15) is 5.10 Å². The smallest absolute Gasteiger partial charge is 0.244 e. The first-order valence-electron chi connectivity index (χ1n) is 8.90. The molecule has 3 heterocycles. The molecule has 9 heteroatoms. The van der Waals surface area contributed by atoms with E-state index in [1.165, 1.54) is 10.6 Å². The summed E-state index contributed by atoms with van der Waals surface area (Å²) < 4.78 is 26.6. The fourth-order valence-corrected chi connectivity index (χ4v) is 4.50. The average Bonchev–Trinajstić information content (AvgIpc) is 2.88. The standard InChI is InChI=1S/C16H27N5O3S/c1-25(23,24)20-9-3-8-19(10-11-20)16(22)13-21-15(5-7-18-21)14-4-2-6-17-12-14/h5,7,14,17H,2-4,6,8-13H2,1H3/t14-/m1/s1. The van der Waals surface area contributed by atoms with Crippen LogP contribution in [0.4, 0.5) is 0 Å². The minimum Gasteiger partial charge on any atom is -0.340 e. The first-order valence-corrected chi connectivity index (χ1v) is 10.8. The number of hydrogen-bond acceptors (Lipinski definition) is 5. The first kappa shape index (κ1) is 18.3. The summed E-state index contributed by atoms with van der Waals surface area (Å²) in [5.74, 6) is 0.401. The van der Waals surface area contributed by atoms with E-state index in [1.54, 1.807) is 15.8 Å². The molecule has 2 aliphatic rings. The Kier molecular flexibility index (Phi) is 5.75. The van der Waals surface area contributed by atoms with Crippen molar-refractivity contribution in [2.24, 2.45) is 0 Å². The summed E-state index contributed by atoms with van der Waals surface area (Å²) in [6, 6.07) is 2.00. The van der Waals surface area contributed by atoms with E-state index in [9.17, 15) is 13.2 Å². The summed E-state index contributed by atoms with van der Waals surface area (Å²) in [5, 5.41) is 7.73. The highest BCUT2D eigenvalue weighted by Crippen LogP contribution is 2.23. The summed E-state index contributed by atoms with van der Waals surface area (Å²) in [5.41, 5.74) is 1.10. The minimum absolute atomic E-state index is 0.00377. The molecule has 1 amide bonds. The van der Waals surface area contributed by atoms with Gasteiger partial charge in [-0.25, -0.2) is 12.7 Å². The van der Waals surface area contributed by atoms with Crippen LogP contribution in [-0.4, -0.2) is 78.8 Å². The molecule has 25 heavy (non-hydrogen) atoms. The number of nitrogens with one attached hydrogen (secondary N) is 1. The minimum atomic E-state index is -3.20. The van der Waals surface area contributed by atoms with Crippen LogP contribution < -0.4 is 5.32 Å². The summed E-state index contributed by atoms with van der Waals surface area (Å²) in [4.78, 5) is 14.5. The lowest BCUT2D eigenvalue weighted by molar-refractivity contribution is -0.131. The molecule has 2 aliphatic heterocycles. The third kappa shape index (κ3) is 4.59. The van der Waals surface area contributed by atoms with Crippen molar-refractivity contribution in [2.75, 3.05) is 45.5 Å². The maximum Gasteiger partial charge on any atom is 0.244 e. The zero-order valence-electron chi connectivity index (χ0n) is 14.7. The molecule has 1 N–H and O–H groups in total. The van der Waals surface area contributed by atoms with Crippen LogP contribution in [0.25, 0.3) is 0 Å². The van der Waals surface area contributed by atoms with Gasteiger partial charge in [-0.1, -0.05) is 0 Å². The molecule has 0 unspecified atom stereocenters. The monoisotopic (exact) mass is 369 g/mol. The number of nitrogens with zero attached hydrogens (tertiary/aromatic N) is 4. The Morgan fingerprint density at radius 3 is 2.84 bits per heavy atom. The molecule has 0 spiro atoms. The van der Waals surface area contributed by atoms with Crippen LogP contribution in [0.3, 0.4) is 0 Å². The van der Waals surface area contributed by atoms with Gasteiger partial charge in [0.15, 0.2) is 0 Å². The van der Waals surface area contributed by atoms with E-state index in [1.807, 2.05) is 6.07 Å². The van der Waals surface area contributed by atoms with Crippen LogP contribution in [0, 0.1) is 0 Å². The van der Waals surface area contributed by atoms with Crippen LogP contribution in [0.1, 0.15) is 30.9 Å².